The summed E-state index contributed by atoms with van der Waals surface area (Å²) in [6.07, 6.45) is 3.98. The summed E-state index contributed by atoms with van der Waals surface area (Å²) in [6, 6.07) is 0. The van der Waals surface area contributed by atoms with Crippen LogP contribution in [0.4, 0.5) is 0 Å². The number of H-pyrrole nitrogens is 1. The minimum atomic E-state index is 0.125. The van der Waals surface area contributed by atoms with Gasteiger partial charge in [-0.15, -0.1) is 0 Å². The number of aromatic nitrogens is 2. The van der Waals surface area contributed by atoms with Gasteiger partial charge in [0, 0.05) is 19.0 Å². The molecule has 0 aliphatic heterocycles. The summed E-state index contributed by atoms with van der Waals surface area (Å²) < 4.78 is 0. The minimum Gasteiger partial charge on any atom is -0.396 e. The number of hydrogen-bond donors (Lipinski definition) is 2. The average Bonchev–Trinajstić information content (AvgIpc) is 2.38. The first-order valence-electron chi connectivity index (χ1n) is 3.13. The van der Waals surface area contributed by atoms with Gasteiger partial charge >= 0.3 is 0 Å². The number of aliphatic hydroxyl groups is 1. The van der Waals surface area contributed by atoms with Gasteiger partial charge in [0.15, 0.2) is 0 Å². The monoisotopic (exact) mass is 138 g/mol. The van der Waals surface area contributed by atoms with Crippen molar-refractivity contribution in [2.24, 2.45) is 0 Å². The number of rotatable bonds is 3. The number of nitrogens with one attached hydrogen (secondary N) is 1. The molecule has 3 nitrogen and oxygen atoms in total. The van der Waals surface area contributed by atoms with Gasteiger partial charge in [-0.3, -0.25) is 0 Å². The Kier molecular flexibility index (Phi) is 2.23. The lowest BCUT2D eigenvalue weighted by molar-refractivity contribution is 0.305. The van der Waals surface area contributed by atoms with Gasteiger partial charge in [-0.05, 0) is 12.0 Å². The van der Waals surface area contributed by atoms with E-state index in [9.17, 15) is 0 Å². The predicted molar refractivity (Wildman–Crippen MR) is 39.3 cm³/mol. The van der Waals surface area contributed by atoms with Crippen LogP contribution < -0.4 is 0 Å². The van der Waals surface area contributed by atoms with E-state index in [1.165, 1.54) is 0 Å². The lowest BCUT2D eigenvalue weighted by Crippen LogP contribution is -1.88. The van der Waals surface area contributed by atoms with Gasteiger partial charge in [0.25, 0.3) is 0 Å². The molecule has 3 heteroatoms. The van der Waals surface area contributed by atoms with Crippen molar-refractivity contribution in [3.63, 3.8) is 0 Å². The zero-order valence-electron chi connectivity index (χ0n) is 5.67. The van der Waals surface area contributed by atoms with Crippen LogP contribution in [0.1, 0.15) is 12.2 Å². The molecular formula is C7H10N2O. The van der Waals surface area contributed by atoms with Crippen LogP contribution in [0.2, 0.25) is 0 Å². The Morgan fingerprint density at radius 3 is 3.10 bits per heavy atom. The summed E-state index contributed by atoms with van der Waals surface area (Å²) in [5, 5.41) is 8.53. The van der Waals surface area contributed by atoms with Gasteiger partial charge in [0.2, 0.25) is 0 Å². The molecule has 1 rings (SSSR count). The average molecular weight is 138 g/mol. The highest BCUT2D eigenvalue weighted by molar-refractivity contribution is 5.56. The molecule has 0 spiro atoms. The van der Waals surface area contributed by atoms with Crippen LogP contribution in [-0.2, 0) is 0 Å². The third-order valence-electron chi connectivity index (χ3n) is 1.25. The Labute approximate surface area is 59.4 Å². The highest BCUT2D eigenvalue weighted by Crippen LogP contribution is 2.08. The molecule has 10 heavy (non-hydrogen) atoms. The fraction of sp³-hybridized carbons (Fsp3) is 0.286. The molecule has 0 saturated carbocycles. The molecule has 0 atom stereocenters. The Balaban J connectivity index is 2.59. The third kappa shape index (κ3) is 1.45. The van der Waals surface area contributed by atoms with Crippen molar-refractivity contribution < 1.29 is 5.11 Å². The summed E-state index contributed by atoms with van der Waals surface area (Å²) >= 11 is 0. The largest absolute Gasteiger partial charge is 0.396 e. The summed E-state index contributed by atoms with van der Waals surface area (Å²) in [7, 11) is 0. The molecule has 0 radical (unpaired) electrons. The van der Waals surface area contributed by atoms with Crippen molar-refractivity contribution in [3.8, 4) is 0 Å². The summed E-state index contributed by atoms with van der Waals surface area (Å²) in [6.45, 7) is 3.86. The van der Waals surface area contributed by atoms with Crippen molar-refractivity contribution in [2.75, 3.05) is 6.61 Å². The SMILES string of the molecule is C=C(CCO)c1ncc[nH]1. The highest BCUT2D eigenvalue weighted by Gasteiger charge is 1.97. The van der Waals surface area contributed by atoms with E-state index >= 15 is 0 Å². The van der Waals surface area contributed by atoms with Crippen LogP contribution >= 0.6 is 0 Å². The molecule has 2 N–H and O–H groups in total. The number of aliphatic hydroxyl groups excluding tert-OH is 1. The van der Waals surface area contributed by atoms with Crippen LogP contribution in [0.15, 0.2) is 19.0 Å². The Morgan fingerprint density at radius 2 is 2.60 bits per heavy atom. The molecule has 1 heterocycles. The van der Waals surface area contributed by atoms with Crippen molar-refractivity contribution in [1.29, 1.82) is 0 Å². The number of imidazole rings is 1. The first-order valence-corrected chi connectivity index (χ1v) is 3.13. The van der Waals surface area contributed by atoms with Gasteiger partial charge < -0.3 is 10.1 Å². The van der Waals surface area contributed by atoms with E-state index in [1.54, 1.807) is 12.4 Å². The van der Waals surface area contributed by atoms with Crippen LogP contribution in [0.5, 0.6) is 0 Å². The van der Waals surface area contributed by atoms with E-state index in [0.717, 1.165) is 11.4 Å². The van der Waals surface area contributed by atoms with Crippen molar-refractivity contribution in [2.45, 2.75) is 6.42 Å². The Hall–Kier alpha value is -1.09. The summed E-state index contributed by atoms with van der Waals surface area (Å²) in [5.41, 5.74) is 0.840. The number of hydrogen-bond acceptors (Lipinski definition) is 2. The zero-order chi connectivity index (χ0) is 7.40. The molecule has 0 aromatic carbocycles. The minimum absolute atomic E-state index is 0.125. The second-order valence-corrected chi connectivity index (χ2v) is 2.01. The molecule has 0 aliphatic carbocycles. The fourth-order valence-corrected chi connectivity index (χ4v) is 0.712. The van der Waals surface area contributed by atoms with E-state index in [-0.39, 0.29) is 6.61 Å². The predicted octanol–water partition coefficient (Wildman–Crippen LogP) is 0.805. The first-order chi connectivity index (χ1) is 4.84. The lowest BCUT2D eigenvalue weighted by Gasteiger charge is -1.96. The standard InChI is InChI=1S/C7H10N2O/c1-6(2-5-10)7-8-3-4-9-7/h3-4,10H,1-2,5H2,(H,8,9). The molecule has 1 aromatic rings. The Bertz CT molecular complexity index is 203. The van der Waals surface area contributed by atoms with Crippen LogP contribution in [-0.4, -0.2) is 21.7 Å². The maximum absolute atomic E-state index is 8.53. The van der Waals surface area contributed by atoms with E-state index < -0.39 is 0 Å². The third-order valence-corrected chi connectivity index (χ3v) is 1.25. The molecule has 0 bridgehead atoms. The number of nitrogens with zero attached hydrogens (tertiary/aromatic N) is 1. The maximum atomic E-state index is 8.53. The topological polar surface area (TPSA) is 48.9 Å². The van der Waals surface area contributed by atoms with E-state index in [4.69, 9.17) is 5.11 Å². The zero-order valence-corrected chi connectivity index (χ0v) is 5.67. The fourth-order valence-electron chi connectivity index (χ4n) is 0.712. The molecule has 54 valence electrons. The van der Waals surface area contributed by atoms with Gasteiger partial charge in [-0.25, -0.2) is 4.98 Å². The second kappa shape index (κ2) is 3.17. The van der Waals surface area contributed by atoms with Gasteiger partial charge in [0.1, 0.15) is 5.82 Å². The van der Waals surface area contributed by atoms with E-state index in [1.807, 2.05) is 0 Å². The van der Waals surface area contributed by atoms with Crippen molar-refractivity contribution >= 4 is 5.57 Å². The number of aromatic amines is 1. The van der Waals surface area contributed by atoms with E-state index in [2.05, 4.69) is 16.5 Å². The molecule has 0 fully saturated rings. The van der Waals surface area contributed by atoms with Crippen molar-refractivity contribution in [3.05, 3.63) is 24.8 Å². The molecule has 0 saturated heterocycles. The molecule has 0 amide bonds. The van der Waals surface area contributed by atoms with E-state index in [0.29, 0.717) is 6.42 Å². The molecule has 0 aliphatic rings. The quantitative estimate of drug-likeness (QED) is 0.649. The summed E-state index contributed by atoms with van der Waals surface area (Å²) in [4.78, 5) is 6.87. The molecular weight excluding hydrogens is 128 g/mol. The normalized spacial score (nSPS) is 9.70. The molecule has 0 unspecified atom stereocenters. The van der Waals surface area contributed by atoms with Gasteiger partial charge in [-0.1, -0.05) is 6.58 Å². The lowest BCUT2D eigenvalue weighted by atomic mass is 10.2. The van der Waals surface area contributed by atoms with Gasteiger partial charge in [-0.2, -0.15) is 0 Å². The van der Waals surface area contributed by atoms with Crippen LogP contribution in [0.3, 0.4) is 0 Å². The van der Waals surface area contributed by atoms with Crippen LogP contribution in [0.25, 0.3) is 5.57 Å². The maximum Gasteiger partial charge on any atom is 0.132 e. The first kappa shape index (κ1) is 7.02. The van der Waals surface area contributed by atoms with Crippen LogP contribution in [0, 0.1) is 0 Å². The van der Waals surface area contributed by atoms with Crippen molar-refractivity contribution in [1.82, 2.24) is 9.97 Å². The summed E-state index contributed by atoms with van der Waals surface area (Å²) in [5.74, 6) is 0.758. The highest BCUT2D eigenvalue weighted by atomic mass is 16.2. The smallest absolute Gasteiger partial charge is 0.132 e. The van der Waals surface area contributed by atoms with Gasteiger partial charge in [0.05, 0.1) is 0 Å². The second-order valence-electron chi connectivity index (χ2n) is 2.01. The molecule has 1 aromatic heterocycles. The Morgan fingerprint density at radius 1 is 1.80 bits per heavy atom.